The number of rotatable bonds is 10. The third kappa shape index (κ3) is 7.87. The van der Waals surface area contributed by atoms with Gasteiger partial charge in [0.25, 0.3) is 0 Å². The Morgan fingerprint density at radius 2 is 1.77 bits per heavy atom. The molecule has 0 aromatic heterocycles. The molecule has 6 nitrogen and oxygen atoms in total. The van der Waals surface area contributed by atoms with Crippen molar-refractivity contribution in [3.05, 3.63) is 0 Å². The molecule has 0 unspecified atom stereocenters. The molecule has 1 rings (SSSR count). The molecule has 0 aromatic carbocycles. The Labute approximate surface area is 135 Å². The Bertz CT molecular complexity index is 392. The van der Waals surface area contributed by atoms with Crippen molar-refractivity contribution in [2.75, 3.05) is 33.3 Å². The summed E-state index contributed by atoms with van der Waals surface area (Å²) in [5, 5.41) is 0. The van der Waals surface area contributed by atoms with E-state index in [4.69, 9.17) is 9.29 Å². The molecular weight excluding hydrogens is 304 g/mol. The van der Waals surface area contributed by atoms with Gasteiger partial charge in [-0.2, -0.15) is 12.7 Å². The Kier molecular flexibility index (Phi) is 8.86. The van der Waals surface area contributed by atoms with Crippen molar-refractivity contribution in [2.24, 2.45) is 0 Å². The zero-order valence-corrected chi connectivity index (χ0v) is 15.0. The maximum Gasteiger partial charge on any atom is 0.335 e. The molecule has 1 aliphatic rings. The van der Waals surface area contributed by atoms with Gasteiger partial charge in [0.1, 0.15) is 0 Å². The smallest absolute Gasteiger partial charge is 0.335 e. The summed E-state index contributed by atoms with van der Waals surface area (Å²) < 4.78 is 37.8. The second-order valence-electron chi connectivity index (χ2n) is 6.44. The number of piperidine rings is 1. The molecule has 7 heteroatoms. The maximum atomic E-state index is 11.0. The van der Waals surface area contributed by atoms with Gasteiger partial charge < -0.3 is 9.64 Å². The minimum atomic E-state index is -4.02. The number of hydrogen-bond acceptors (Lipinski definition) is 4. The average Bonchev–Trinajstić information content (AvgIpc) is 2.45. The van der Waals surface area contributed by atoms with Crippen LogP contribution in [0.4, 0.5) is 0 Å². The predicted octanol–water partition coefficient (Wildman–Crippen LogP) is 2.17. The third-order valence-corrected chi connectivity index (χ3v) is 5.39. The number of nitrogens with zero attached hydrogens (tertiary/aromatic N) is 2. The van der Waals surface area contributed by atoms with Crippen molar-refractivity contribution in [3.8, 4) is 0 Å². The number of ether oxygens (including phenoxy) is 1. The Morgan fingerprint density at radius 1 is 1.18 bits per heavy atom. The normalized spacial score (nSPS) is 18.5. The zero-order chi connectivity index (χ0) is 16.6. The molecular formula is C15H32N2O4S. The number of hydrogen-bond donors (Lipinski definition) is 1. The van der Waals surface area contributed by atoms with E-state index in [9.17, 15) is 8.42 Å². The fraction of sp³-hybridized carbons (Fsp3) is 1.00. The van der Waals surface area contributed by atoms with E-state index in [1.54, 1.807) is 0 Å². The maximum absolute atomic E-state index is 11.0. The molecule has 0 radical (unpaired) electrons. The molecule has 132 valence electrons. The second kappa shape index (κ2) is 9.82. The molecule has 0 atom stereocenters. The molecule has 1 fully saturated rings. The topological polar surface area (TPSA) is 70.1 Å². The molecule has 1 heterocycles. The summed E-state index contributed by atoms with van der Waals surface area (Å²) in [4.78, 5) is 2.36. The lowest BCUT2D eigenvalue weighted by Gasteiger charge is -2.29. The van der Waals surface area contributed by atoms with Gasteiger partial charge in [-0.15, -0.1) is 0 Å². The fourth-order valence-corrected chi connectivity index (χ4v) is 3.23. The van der Waals surface area contributed by atoms with Gasteiger partial charge in [-0.05, 0) is 53.1 Å². The highest BCUT2D eigenvalue weighted by atomic mass is 32.2. The van der Waals surface area contributed by atoms with E-state index in [0.29, 0.717) is 32.0 Å². The fourth-order valence-electron chi connectivity index (χ4n) is 2.55. The molecule has 0 aliphatic carbocycles. The summed E-state index contributed by atoms with van der Waals surface area (Å²) in [6.07, 6.45) is 6.14. The van der Waals surface area contributed by atoms with Gasteiger partial charge in [0, 0.05) is 25.7 Å². The lowest BCUT2D eigenvalue weighted by molar-refractivity contribution is 0.0181. The summed E-state index contributed by atoms with van der Waals surface area (Å²) in [6, 6.07) is 0.608. The summed E-state index contributed by atoms with van der Waals surface area (Å²) in [6.45, 7) is 7.02. The van der Waals surface area contributed by atoms with E-state index in [1.807, 2.05) is 0 Å². The SMILES string of the molecule is CC(C)N(C)CCCCCCOC1CCN(S(=O)(=O)O)CC1. The van der Waals surface area contributed by atoms with Crippen LogP contribution in [0.5, 0.6) is 0 Å². The minimum absolute atomic E-state index is 0.130. The largest absolute Gasteiger partial charge is 0.378 e. The van der Waals surface area contributed by atoms with Gasteiger partial charge in [0.05, 0.1) is 6.10 Å². The lowest BCUT2D eigenvalue weighted by atomic mass is 10.1. The first-order chi connectivity index (χ1) is 10.3. The first kappa shape index (κ1) is 19.8. The van der Waals surface area contributed by atoms with Crippen LogP contribution in [0.2, 0.25) is 0 Å². The van der Waals surface area contributed by atoms with Crippen LogP contribution < -0.4 is 0 Å². The highest BCUT2D eigenvalue weighted by Gasteiger charge is 2.26. The van der Waals surface area contributed by atoms with Crippen molar-refractivity contribution in [1.82, 2.24) is 9.21 Å². The van der Waals surface area contributed by atoms with Gasteiger partial charge in [0.15, 0.2) is 0 Å². The van der Waals surface area contributed by atoms with Gasteiger partial charge >= 0.3 is 10.3 Å². The second-order valence-corrected chi connectivity index (χ2v) is 7.85. The van der Waals surface area contributed by atoms with Crippen molar-refractivity contribution >= 4 is 10.3 Å². The Hall–Kier alpha value is -0.210. The van der Waals surface area contributed by atoms with E-state index in [-0.39, 0.29) is 6.10 Å². The van der Waals surface area contributed by atoms with Crippen molar-refractivity contribution in [3.63, 3.8) is 0 Å². The zero-order valence-electron chi connectivity index (χ0n) is 14.2. The van der Waals surface area contributed by atoms with Crippen LogP contribution in [0.25, 0.3) is 0 Å². The summed E-state index contributed by atoms with van der Waals surface area (Å²) in [5.74, 6) is 0. The van der Waals surface area contributed by atoms with Crippen molar-refractivity contribution in [1.29, 1.82) is 0 Å². The predicted molar refractivity (Wildman–Crippen MR) is 88.3 cm³/mol. The summed E-state index contributed by atoms with van der Waals surface area (Å²) in [7, 11) is -1.86. The quantitative estimate of drug-likeness (QED) is 0.489. The molecule has 0 spiro atoms. The highest BCUT2D eigenvalue weighted by molar-refractivity contribution is 7.83. The van der Waals surface area contributed by atoms with E-state index < -0.39 is 10.3 Å². The highest BCUT2D eigenvalue weighted by Crippen LogP contribution is 2.16. The van der Waals surface area contributed by atoms with Gasteiger partial charge in [0.2, 0.25) is 0 Å². The standard InChI is InChI=1S/C15H32N2O4S/c1-14(2)16(3)10-6-4-5-7-13-21-15-8-11-17(12-9-15)22(18,19)20/h14-15H,4-13H2,1-3H3,(H,18,19,20). The monoisotopic (exact) mass is 336 g/mol. The average molecular weight is 336 g/mol. The van der Waals surface area contributed by atoms with Crippen LogP contribution in [0.1, 0.15) is 52.4 Å². The van der Waals surface area contributed by atoms with E-state index >= 15 is 0 Å². The summed E-state index contributed by atoms with van der Waals surface area (Å²) >= 11 is 0. The summed E-state index contributed by atoms with van der Waals surface area (Å²) in [5.41, 5.74) is 0. The molecule has 0 bridgehead atoms. The van der Waals surface area contributed by atoms with Crippen molar-refractivity contribution in [2.45, 2.75) is 64.5 Å². The first-order valence-electron chi connectivity index (χ1n) is 8.35. The molecule has 1 N–H and O–H groups in total. The minimum Gasteiger partial charge on any atom is -0.378 e. The van der Waals surface area contributed by atoms with Crippen LogP contribution in [-0.4, -0.2) is 67.6 Å². The first-order valence-corrected chi connectivity index (χ1v) is 9.75. The number of unbranched alkanes of at least 4 members (excludes halogenated alkanes) is 3. The van der Waals surface area contributed by atoms with Crippen LogP contribution in [-0.2, 0) is 15.0 Å². The molecule has 0 amide bonds. The van der Waals surface area contributed by atoms with E-state index in [0.717, 1.165) is 23.9 Å². The molecule has 1 aliphatic heterocycles. The Balaban J connectivity index is 1.98. The molecule has 1 saturated heterocycles. The van der Waals surface area contributed by atoms with Crippen LogP contribution in [0.15, 0.2) is 0 Å². The Morgan fingerprint density at radius 3 is 2.32 bits per heavy atom. The molecule has 22 heavy (non-hydrogen) atoms. The van der Waals surface area contributed by atoms with Crippen LogP contribution >= 0.6 is 0 Å². The van der Waals surface area contributed by atoms with Gasteiger partial charge in [-0.25, -0.2) is 0 Å². The molecule has 0 saturated carbocycles. The van der Waals surface area contributed by atoms with Crippen LogP contribution in [0, 0.1) is 0 Å². The molecule has 0 aromatic rings. The van der Waals surface area contributed by atoms with E-state index in [2.05, 4.69) is 25.8 Å². The van der Waals surface area contributed by atoms with Gasteiger partial charge in [-0.1, -0.05) is 12.8 Å². The van der Waals surface area contributed by atoms with E-state index in [1.165, 1.54) is 19.3 Å². The van der Waals surface area contributed by atoms with Crippen LogP contribution in [0.3, 0.4) is 0 Å². The van der Waals surface area contributed by atoms with Crippen molar-refractivity contribution < 1.29 is 17.7 Å². The van der Waals surface area contributed by atoms with Gasteiger partial charge in [-0.3, -0.25) is 4.55 Å². The third-order valence-electron chi connectivity index (χ3n) is 4.37. The lowest BCUT2D eigenvalue weighted by Crippen LogP contribution is -2.40.